The normalized spacial score (nSPS) is 14.5. The van der Waals surface area contributed by atoms with E-state index in [4.69, 9.17) is 0 Å². The number of anilines is 2. The summed E-state index contributed by atoms with van der Waals surface area (Å²) in [5.41, 5.74) is 3.58. The van der Waals surface area contributed by atoms with Crippen molar-refractivity contribution in [3.63, 3.8) is 0 Å². The highest BCUT2D eigenvalue weighted by atomic mass is 79.9. The van der Waals surface area contributed by atoms with E-state index in [0.29, 0.717) is 0 Å². The molecule has 1 N–H and O–H groups in total. The Labute approximate surface area is 134 Å². The van der Waals surface area contributed by atoms with Crippen LogP contribution in [0.5, 0.6) is 0 Å². The van der Waals surface area contributed by atoms with Crippen molar-refractivity contribution in [1.29, 1.82) is 0 Å². The fourth-order valence-corrected chi connectivity index (χ4v) is 3.25. The van der Waals surface area contributed by atoms with Gasteiger partial charge in [-0.05, 0) is 49.1 Å². The third-order valence-corrected chi connectivity index (χ3v) is 4.61. The van der Waals surface area contributed by atoms with E-state index in [9.17, 15) is 0 Å². The molecule has 0 amide bonds. The molecule has 0 aliphatic carbocycles. The van der Waals surface area contributed by atoms with Gasteiger partial charge < -0.3 is 10.2 Å². The second kappa shape index (κ2) is 6.48. The Balaban J connectivity index is 1.62. The van der Waals surface area contributed by atoms with E-state index in [2.05, 4.69) is 68.4 Å². The van der Waals surface area contributed by atoms with Gasteiger partial charge in [0.05, 0.1) is 11.9 Å². The molecule has 1 aliphatic heterocycles. The smallest absolute Gasteiger partial charge is 0.128 e. The summed E-state index contributed by atoms with van der Waals surface area (Å²) in [6.45, 7) is 5.17. The van der Waals surface area contributed by atoms with Gasteiger partial charge in [-0.2, -0.15) is 0 Å². The molecule has 3 nitrogen and oxygen atoms in total. The van der Waals surface area contributed by atoms with Crippen molar-refractivity contribution in [2.45, 2.75) is 26.3 Å². The van der Waals surface area contributed by atoms with Gasteiger partial charge in [-0.1, -0.05) is 28.1 Å². The predicted octanol–water partition coefficient (Wildman–Crippen LogP) is 4.36. The summed E-state index contributed by atoms with van der Waals surface area (Å²) >= 11 is 3.61. The third kappa shape index (κ3) is 3.56. The van der Waals surface area contributed by atoms with E-state index in [1.165, 1.54) is 24.0 Å². The van der Waals surface area contributed by atoms with Crippen molar-refractivity contribution in [3.05, 3.63) is 52.1 Å². The molecule has 0 radical (unpaired) electrons. The number of halogens is 1. The fourth-order valence-electron chi connectivity index (χ4n) is 2.62. The molecule has 110 valence electrons. The van der Waals surface area contributed by atoms with Crippen LogP contribution in [-0.4, -0.2) is 18.1 Å². The highest BCUT2D eigenvalue weighted by molar-refractivity contribution is 9.10. The van der Waals surface area contributed by atoms with Crippen LogP contribution in [0, 0.1) is 6.92 Å². The molecule has 3 rings (SSSR count). The molecule has 21 heavy (non-hydrogen) atoms. The summed E-state index contributed by atoms with van der Waals surface area (Å²) in [5, 5.41) is 3.43. The summed E-state index contributed by atoms with van der Waals surface area (Å²) in [4.78, 5) is 6.91. The highest BCUT2D eigenvalue weighted by Gasteiger charge is 2.12. The van der Waals surface area contributed by atoms with Gasteiger partial charge in [0.1, 0.15) is 5.82 Å². The Morgan fingerprint density at radius 1 is 1.19 bits per heavy atom. The average Bonchev–Trinajstić information content (AvgIpc) is 3.01. The SMILES string of the molecule is Cc1ccc(CNc2ccc(N3CCCC3)nc2)c(Br)c1. The van der Waals surface area contributed by atoms with Crippen LogP contribution in [0.4, 0.5) is 11.5 Å². The minimum Gasteiger partial charge on any atom is -0.380 e. The van der Waals surface area contributed by atoms with Gasteiger partial charge in [0.2, 0.25) is 0 Å². The van der Waals surface area contributed by atoms with Gasteiger partial charge in [-0.15, -0.1) is 0 Å². The number of nitrogens with zero attached hydrogens (tertiary/aromatic N) is 2. The molecular weight excluding hydrogens is 326 g/mol. The monoisotopic (exact) mass is 345 g/mol. The van der Waals surface area contributed by atoms with E-state index < -0.39 is 0 Å². The summed E-state index contributed by atoms with van der Waals surface area (Å²) < 4.78 is 1.15. The maximum absolute atomic E-state index is 4.56. The largest absolute Gasteiger partial charge is 0.380 e. The van der Waals surface area contributed by atoms with Gasteiger partial charge in [0.25, 0.3) is 0 Å². The summed E-state index contributed by atoms with van der Waals surface area (Å²) in [5.74, 6) is 1.09. The summed E-state index contributed by atoms with van der Waals surface area (Å²) in [7, 11) is 0. The van der Waals surface area contributed by atoms with Crippen molar-refractivity contribution in [2.24, 2.45) is 0 Å². The number of hydrogen-bond donors (Lipinski definition) is 1. The van der Waals surface area contributed by atoms with E-state index in [1.807, 2.05) is 6.20 Å². The van der Waals surface area contributed by atoms with Gasteiger partial charge >= 0.3 is 0 Å². The average molecular weight is 346 g/mol. The molecule has 1 aromatic carbocycles. The Morgan fingerprint density at radius 2 is 2.00 bits per heavy atom. The first-order valence-electron chi connectivity index (χ1n) is 7.42. The van der Waals surface area contributed by atoms with Crippen LogP contribution in [0.15, 0.2) is 41.0 Å². The number of benzene rings is 1. The lowest BCUT2D eigenvalue weighted by atomic mass is 10.1. The lowest BCUT2D eigenvalue weighted by Crippen LogP contribution is -2.18. The van der Waals surface area contributed by atoms with E-state index in [0.717, 1.165) is 35.6 Å². The van der Waals surface area contributed by atoms with E-state index >= 15 is 0 Å². The number of pyridine rings is 1. The molecule has 2 heterocycles. The van der Waals surface area contributed by atoms with Crippen LogP contribution in [0.3, 0.4) is 0 Å². The van der Waals surface area contributed by atoms with E-state index in [1.54, 1.807) is 0 Å². The second-order valence-corrected chi connectivity index (χ2v) is 6.40. The molecule has 0 bridgehead atoms. The van der Waals surface area contributed by atoms with Crippen molar-refractivity contribution in [3.8, 4) is 0 Å². The van der Waals surface area contributed by atoms with E-state index in [-0.39, 0.29) is 0 Å². The molecule has 0 saturated carbocycles. The summed E-state index contributed by atoms with van der Waals surface area (Å²) in [6.07, 6.45) is 4.49. The van der Waals surface area contributed by atoms with Crippen molar-refractivity contribution < 1.29 is 0 Å². The molecule has 1 aliphatic rings. The van der Waals surface area contributed by atoms with Crippen LogP contribution in [0.25, 0.3) is 0 Å². The molecule has 0 spiro atoms. The third-order valence-electron chi connectivity index (χ3n) is 3.87. The molecule has 0 atom stereocenters. The standard InChI is InChI=1S/C17H20BrN3/c1-13-4-5-14(16(18)10-13)11-19-15-6-7-17(20-12-15)21-8-2-3-9-21/h4-7,10,12,19H,2-3,8-9,11H2,1H3. The van der Waals surface area contributed by atoms with Crippen molar-refractivity contribution in [1.82, 2.24) is 4.98 Å². The number of rotatable bonds is 4. The molecule has 4 heteroatoms. The quantitative estimate of drug-likeness (QED) is 0.891. The first kappa shape index (κ1) is 14.4. The zero-order valence-electron chi connectivity index (χ0n) is 12.3. The zero-order valence-corrected chi connectivity index (χ0v) is 13.9. The first-order valence-corrected chi connectivity index (χ1v) is 8.21. The lowest BCUT2D eigenvalue weighted by Gasteiger charge is -2.16. The van der Waals surface area contributed by atoms with Gasteiger partial charge in [0.15, 0.2) is 0 Å². The predicted molar refractivity (Wildman–Crippen MR) is 91.9 cm³/mol. The number of aromatic nitrogens is 1. The van der Waals surface area contributed by atoms with Gasteiger partial charge in [-0.3, -0.25) is 0 Å². The van der Waals surface area contributed by atoms with Crippen LogP contribution in [0.2, 0.25) is 0 Å². The van der Waals surface area contributed by atoms with Crippen LogP contribution in [-0.2, 0) is 6.54 Å². The highest BCUT2D eigenvalue weighted by Crippen LogP contribution is 2.21. The van der Waals surface area contributed by atoms with Crippen LogP contribution >= 0.6 is 15.9 Å². The molecule has 0 unspecified atom stereocenters. The van der Waals surface area contributed by atoms with Crippen LogP contribution in [0.1, 0.15) is 24.0 Å². The maximum Gasteiger partial charge on any atom is 0.128 e. The van der Waals surface area contributed by atoms with Crippen molar-refractivity contribution >= 4 is 27.4 Å². The zero-order chi connectivity index (χ0) is 14.7. The minimum absolute atomic E-state index is 0.797. The lowest BCUT2D eigenvalue weighted by molar-refractivity contribution is 0.937. The fraction of sp³-hybridized carbons (Fsp3) is 0.353. The molecule has 1 aromatic heterocycles. The molecule has 1 saturated heterocycles. The number of aryl methyl sites for hydroxylation is 1. The Morgan fingerprint density at radius 3 is 2.67 bits per heavy atom. The van der Waals surface area contributed by atoms with Gasteiger partial charge in [0, 0.05) is 24.1 Å². The Hall–Kier alpha value is -1.55. The van der Waals surface area contributed by atoms with Gasteiger partial charge in [-0.25, -0.2) is 4.98 Å². The van der Waals surface area contributed by atoms with Crippen LogP contribution < -0.4 is 10.2 Å². The Kier molecular flexibility index (Phi) is 4.44. The maximum atomic E-state index is 4.56. The first-order chi connectivity index (χ1) is 10.2. The second-order valence-electron chi connectivity index (χ2n) is 5.55. The topological polar surface area (TPSA) is 28.2 Å². The minimum atomic E-state index is 0.797. The molecular formula is C17H20BrN3. The molecule has 1 fully saturated rings. The van der Waals surface area contributed by atoms with Crippen molar-refractivity contribution in [2.75, 3.05) is 23.3 Å². The molecule has 2 aromatic rings. The Bertz CT molecular complexity index is 604. The summed E-state index contributed by atoms with van der Waals surface area (Å²) in [6, 6.07) is 10.7. The number of hydrogen-bond acceptors (Lipinski definition) is 3. The number of nitrogens with one attached hydrogen (secondary N) is 1.